The molecule has 0 saturated heterocycles. The van der Waals surface area contributed by atoms with E-state index in [-0.39, 0.29) is 0 Å². The van der Waals surface area contributed by atoms with Crippen molar-refractivity contribution >= 4 is 53.7 Å². The van der Waals surface area contributed by atoms with Crippen molar-refractivity contribution in [1.82, 2.24) is 19.9 Å². The average molecular weight is 602 g/mol. The van der Waals surface area contributed by atoms with E-state index in [2.05, 4.69) is 51.8 Å². The number of aromatic nitrogens is 4. The molecule has 0 radical (unpaired) electrons. The third kappa shape index (κ3) is 6.88. The molecular formula is C27H30Br2N4O2. The minimum atomic E-state index is 0.700. The zero-order valence-corrected chi connectivity index (χ0v) is 23.4. The van der Waals surface area contributed by atoms with Crippen molar-refractivity contribution in [3.63, 3.8) is 0 Å². The lowest BCUT2D eigenvalue weighted by molar-refractivity contribution is 0.302. The van der Waals surface area contributed by atoms with E-state index >= 15 is 0 Å². The molecule has 184 valence electrons. The number of hydrogen-bond acceptors (Lipinski definition) is 6. The molecule has 35 heavy (non-hydrogen) atoms. The topological polar surface area (TPSA) is 70.0 Å². The maximum Gasteiger partial charge on any atom is 0.146 e. The highest BCUT2D eigenvalue weighted by Crippen LogP contribution is 2.31. The Balaban J connectivity index is 1.11. The van der Waals surface area contributed by atoms with E-state index in [9.17, 15) is 0 Å². The van der Waals surface area contributed by atoms with Gasteiger partial charge in [0.15, 0.2) is 0 Å². The first-order chi connectivity index (χ1) is 17.0. The van der Waals surface area contributed by atoms with Gasteiger partial charge in [0.25, 0.3) is 0 Å². The lowest BCUT2D eigenvalue weighted by Gasteiger charge is -2.11. The SMILES string of the molecule is Cc1ncnc2c(OCCCCCCCCCOc3cc(Br)cc4c(C)ncnc34)cc(Br)cc12. The molecule has 2 aromatic carbocycles. The zero-order chi connectivity index (χ0) is 24.6. The summed E-state index contributed by atoms with van der Waals surface area (Å²) in [6.45, 7) is 5.38. The second-order valence-corrected chi connectivity index (χ2v) is 10.5. The molecule has 0 aliphatic rings. The van der Waals surface area contributed by atoms with Gasteiger partial charge in [0, 0.05) is 31.1 Å². The van der Waals surface area contributed by atoms with E-state index in [0.29, 0.717) is 13.2 Å². The summed E-state index contributed by atoms with van der Waals surface area (Å²) in [5.41, 5.74) is 3.67. The fourth-order valence-corrected chi connectivity index (χ4v) is 5.00. The lowest BCUT2D eigenvalue weighted by Crippen LogP contribution is -2.00. The predicted molar refractivity (Wildman–Crippen MR) is 147 cm³/mol. The van der Waals surface area contributed by atoms with E-state index in [4.69, 9.17) is 9.47 Å². The van der Waals surface area contributed by atoms with Gasteiger partial charge in [0.05, 0.1) is 13.2 Å². The Morgan fingerprint density at radius 2 is 0.971 bits per heavy atom. The molecule has 0 aliphatic heterocycles. The molecule has 4 aromatic rings. The largest absolute Gasteiger partial charge is 0.491 e. The fraction of sp³-hybridized carbons (Fsp3) is 0.407. The quantitative estimate of drug-likeness (QED) is 0.154. The van der Waals surface area contributed by atoms with E-state index in [1.807, 2.05) is 38.1 Å². The maximum atomic E-state index is 6.05. The van der Waals surface area contributed by atoms with E-state index in [1.165, 1.54) is 32.1 Å². The maximum absolute atomic E-state index is 6.05. The van der Waals surface area contributed by atoms with Crippen molar-refractivity contribution in [1.29, 1.82) is 0 Å². The molecule has 0 amide bonds. The summed E-state index contributed by atoms with van der Waals surface area (Å²) in [5.74, 6) is 1.64. The Hall–Kier alpha value is -2.32. The molecule has 0 saturated carbocycles. The van der Waals surface area contributed by atoms with Crippen molar-refractivity contribution < 1.29 is 9.47 Å². The van der Waals surface area contributed by atoms with Crippen LogP contribution < -0.4 is 9.47 Å². The van der Waals surface area contributed by atoms with Gasteiger partial charge in [0.1, 0.15) is 35.2 Å². The second kappa shape index (κ2) is 12.6. The fourth-order valence-electron chi connectivity index (χ4n) is 4.12. The second-order valence-electron chi connectivity index (χ2n) is 8.69. The number of rotatable bonds is 12. The molecule has 0 unspecified atom stereocenters. The minimum Gasteiger partial charge on any atom is -0.491 e. The number of ether oxygens (including phenoxy) is 2. The van der Waals surface area contributed by atoms with Crippen LogP contribution in [0.5, 0.6) is 11.5 Å². The Kier molecular flexibility index (Phi) is 9.26. The number of fused-ring (bicyclic) bond motifs is 2. The van der Waals surface area contributed by atoms with Gasteiger partial charge >= 0.3 is 0 Å². The first-order valence-electron chi connectivity index (χ1n) is 12.1. The summed E-state index contributed by atoms with van der Waals surface area (Å²) in [4.78, 5) is 17.4. The van der Waals surface area contributed by atoms with Crippen LogP contribution in [0, 0.1) is 13.8 Å². The van der Waals surface area contributed by atoms with E-state index < -0.39 is 0 Å². The normalized spacial score (nSPS) is 11.3. The van der Waals surface area contributed by atoms with Crippen LogP contribution in [0.15, 0.2) is 45.9 Å². The molecule has 0 aliphatic carbocycles. The van der Waals surface area contributed by atoms with Crippen LogP contribution in [0.4, 0.5) is 0 Å². The van der Waals surface area contributed by atoms with Crippen molar-refractivity contribution in [2.75, 3.05) is 13.2 Å². The van der Waals surface area contributed by atoms with Crippen LogP contribution in [0.3, 0.4) is 0 Å². The molecule has 0 N–H and O–H groups in total. The van der Waals surface area contributed by atoms with Gasteiger partial charge < -0.3 is 9.47 Å². The van der Waals surface area contributed by atoms with Crippen LogP contribution in [0.1, 0.15) is 56.3 Å². The smallest absolute Gasteiger partial charge is 0.146 e. The number of aryl methyl sites for hydroxylation is 2. The van der Waals surface area contributed by atoms with Crippen molar-refractivity contribution in [2.24, 2.45) is 0 Å². The molecule has 4 rings (SSSR count). The van der Waals surface area contributed by atoms with Gasteiger partial charge in [-0.3, -0.25) is 0 Å². The van der Waals surface area contributed by atoms with Crippen molar-refractivity contribution in [3.8, 4) is 11.5 Å². The molecular weight excluding hydrogens is 572 g/mol. The Labute approximate surface area is 223 Å². The zero-order valence-electron chi connectivity index (χ0n) is 20.2. The minimum absolute atomic E-state index is 0.700. The molecule has 6 nitrogen and oxygen atoms in total. The molecule has 0 atom stereocenters. The third-order valence-electron chi connectivity index (χ3n) is 6.04. The number of halogens is 2. The summed E-state index contributed by atoms with van der Waals surface area (Å²) < 4.78 is 14.1. The Morgan fingerprint density at radius 1 is 0.571 bits per heavy atom. The van der Waals surface area contributed by atoms with Crippen molar-refractivity contribution in [2.45, 2.75) is 58.8 Å². The van der Waals surface area contributed by atoms with Crippen molar-refractivity contribution in [3.05, 3.63) is 57.3 Å². The van der Waals surface area contributed by atoms with Crippen LogP contribution in [-0.2, 0) is 0 Å². The average Bonchev–Trinajstić information content (AvgIpc) is 2.83. The van der Waals surface area contributed by atoms with E-state index in [0.717, 1.165) is 66.5 Å². The van der Waals surface area contributed by atoms with Crippen LogP contribution >= 0.6 is 31.9 Å². The molecule has 0 bridgehead atoms. The number of hydrogen-bond donors (Lipinski definition) is 0. The lowest BCUT2D eigenvalue weighted by atomic mass is 10.1. The first kappa shape index (κ1) is 25.8. The predicted octanol–water partition coefficient (Wildman–Crippen LogP) is 7.90. The number of benzene rings is 2. The first-order valence-corrected chi connectivity index (χ1v) is 13.7. The third-order valence-corrected chi connectivity index (χ3v) is 6.95. The molecule has 0 spiro atoms. The van der Waals surface area contributed by atoms with Gasteiger partial charge in [-0.25, -0.2) is 19.9 Å². The highest BCUT2D eigenvalue weighted by Gasteiger charge is 2.10. The van der Waals surface area contributed by atoms with Gasteiger partial charge in [-0.2, -0.15) is 0 Å². The molecule has 0 fully saturated rings. The van der Waals surface area contributed by atoms with Crippen LogP contribution in [-0.4, -0.2) is 33.1 Å². The monoisotopic (exact) mass is 600 g/mol. The van der Waals surface area contributed by atoms with Gasteiger partial charge in [-0.15, -0.1) is 0 Å². The van der Waals surface area contributed by atoms with Crippen LogP contribution in [0.2, 0.25) is 0 Å². The van der Waals surface area contributed by atoms with E-state index in [1.54, 1.807) is 12.7 Å². The van der Waals surface area contributed by atoms with Gasteiger partial charge in [0.2, 0.25) is 0 Å². The molecule has 8 heteroatoms. The highest BCUT2D eigenvalue weighted by atomic mass is 79.9. The summed E-state index contributed by atoms with van der Waals surface area (Å²) in [7, 11) is 0. The summed E-state index contributed by atoms with van der Waals surface area (Å²) in [6, 6.07) is 8.06. The Bertz CT molecular complexity index is 1200. The summed E-state index contributed by atoms with van der Waals surface area (Å²) >= 11 is 7.13. The molecule has 2 heterocycles. The van der Waals surface area contributed by atoms with Crippen LogP contribution in [0.25, 0.3) is 21.8 Å². The summed E-state index contributed by atoms with van der Waals surface area (Å²) in [6.07, 6.45) is 11.3. The number of nitrogens with zero attached hydrogens (tertiary/aromatic N) is 4. The molecule has 2 aromatic heterocycles. The highest BCUT2D eigenvalue weighted by molar-refractivity contribution is 9.10. The van der Waals surface area contributed by atoms with Gasteiger partial charge in [-0.05, 0) is 51.0 Å². The standard InChI is InChI=1S/C27H30Br2N4O2/c1-18-22-12-20(28)14-24(26(22)32-16-30-18)34-10-8-6-4-3-5-7-9-11-35-25-15-21(29)13-23-19(2)31-17-33-27(23)25/h12-17H,3-11H2,1-2H3. The number of unbranched alkanes of at least 4 members (excludes halogenated alkanes) is 6. The summed E-state index contributed by atoms with van der Waals surface area (Å²) in [5, 5.41) is 2.05. The van der Waals surface area contributed by atoms with Gasteiger partial charge in [-0.1, -0.05) is 64.0 Å². The Morgan fingerprint density at radius 3 is 1.40 bits per heavy atom.